The molecule has 0 aromatic carbocycles. The third-order valence-electron chi connectivity index (χ3n) is 3.48. The molecule has 1 N–H and O–H groups in total. The van der Waals surface area contributed by atoms with Crippen molar-refractivity contribution in [2.45, 2.75) is 45.4 Å². The molecule has 0 fully saturated rings. The van der Waals surface area contributed by atoms with Gasteiger partial charge in [-0.3, -0.25) is 4.79 Å². The predicted molar refractivity (Wildman–Crippen MR) is 74.5 cm³/mol. The minimum atomic E-state index is -0.448. The van der Waals surface area contributed by atoms with E-state index in [1.165, 1.54) is 0 Å². The van der Waals surface area contributed by atoms with Crippen molar-refractivity contribution in [3.05, 3.63) is 17.7 Å². The largest absolute Gasteiger partial charge is 0.382 e. The number of nitrogens with zero attached hydrogens (tertiary/aromatic N) is 2. The van der Waals surface area contributed by atoms with Crippen LogP contribution in [0, 0.1) is 6.92 Å². The Morgan fingerprint density at radius 2 is 2.40 bits per heavy atom. The molecule has 0 spiro atoms. The normalized spacial score (nSPS) is 19.4. The fourth-order valence-corrected chi connectivity index (χ4v) is 2.41. The second-order valence-corrected chi connectivity index (χ2v) is 5.20. The number of nitrogens with one attached hydrogen (secondary N) is 1. The number of carbonyl (C=O) groups is 1. The average Bonchev–Trinajstić information content (AvgIpc) is 2.78. The first-order valence-electron chi connectivity index (χ1n) is 7.03. The number of hydrogen-bond acceptors (Lipinski definition) is 4. The van der Waals surface area contributed by atoms with Gasteiger partial charge in [-0.15, -0.1) is 0 Å². The zero-order valence-electron chi connectivity index (χ0n) is 12.4. The van der Waals surface area contributed by atoms with E-state index in [1.54, 1.807) is 14.0 Å². The van der Waals surface area contributed by atoms with Crippen molar-refractivity contribution in [1.82, 2.24) is 14.9 Å². The number of carbonyl (C=O) groups excluding carboxylic acids is 1. The van der Waals surface area contributed by atoms with Crippen LogP contribution in [0.2, 0.25) is 0 Å². The van der Waals surface area contributed by atoms with Gasteiger partial charge in [0.05, 0.1) is 18.9 Å². The van der Waals surface area contributed by atoms with Crippen LogP contribution in [0.5, 0.6) is 0 Å². The van der Waals surface area contributed by atoms with Gasteiger partial charge >= 0.3 is 0 Å². The maximum absolute atomic E-state index is 12.0. The quantitative estimate of drug-likeness (QED) is 0.779. The molecule has 6 nitrogen and oxygen atoms in total. The smallest absolute Gasteiger partial charge is 0.249 e. The molecule has 6 heteroatoms. The van der Waals surface area contributed by atoms with Gasteiger partial charge in [0, 0.05) is 32.3 Å². The Bertz CT molecular complexity index is 459. The molecule has 20 heavy (non-hydrogen) atoms. The van der Waals surface area contributed by atoms with Crippen LogP contribution in [0.15, 0.2) is 6.20 Å². The first kappa shape index (κ1) is 15.0. The first-order chi connectivity index (χ1) is 9.60. The fraction of sp³-hybridized carbons (Fsp3) is 0.714. The lowest BCUT2D eigenvalue weighted by atomic mass is 10.1. The van der Waals surface area contributed by atoms with Crippen LogP contribution in [0.3, 0.4) is 0 Å². The lowest BCUT2D eigenvalue weighted by Crippen LogP contribution is -2.45. The van der Waals surface area contributed by atoms with Crippen molar-refractivity contribution in [2.75, 3.05) is 20.3 Å². The highest BCUT2D eigenvalue weighted by Gasteiger charge is 2.23. The SMILES string of the molecule is COCCO[C@H](C)C(=O)N[C@@H]1CCc2nc(C)cn2C1. The number of amides is 1. The van der Waals surface area contributed by atoms with E-state index >= 15 is 0 Å². The van der Waals surface area contributed by atoms with Crippen molar-refractivity contribution in [2.24, 2.45) is 0 Å². The summed E-state index contributed by atoms with van der Waals surface area (Å²) in [5, 5.41) is 3.04. The van der Waals surface area contributed by atoms with Gasteiger partial charge in [0.1, 0.15) is 11.9 Å². The van der Waals surface area contributed by atoms with E-state index in [1.807, 2.05) is 13.1 Å². The van der Waals surface area contributed by atoms with Gasteiger partial charge in [-0.05, 0) is 20.3 Å². The molecule has 2 atom stereocenters. The summed E-state index contributed by atoms with van der Waals surface area (Å²) in [6.45, 7) is 5.47. The second-order valence-electron chi connectivity index (χ2n) is 5.20. The topological polar surface area (TPSA) is 65.4 Å². The van der Waals surface area contributed by atoms with Crippen molar-refractivity contribution in [1.29, 1.82) is 0 Å². The standard InChI is InChI=1S/C14H23N3O3/c1-10-8-17-9-12(4-5-13(17)15-10)16-14(18)11(2)20-7-6-19-3/h8,11-12H,4-7,9H2,1-3H3,(H,16,18)/t11-,12-/m1/s1. The van der Waals surface area contributed by atoms with Crippen LogP contribution >= 0.6 is 0 Å². The van der Waals surface area contributed by atoms with Gasteiger partial charge in [0.2, 0.25) is 5.91 Å². The molecular formula is C14H23N3O3. The number of ether oxygens (including phenoxy) is 2. The summed E-state index contributed by atoms with van der Waals surface area (Å²) >= 11 is 0. The minimum Gasteiger partial charge on any atom is -0.382 e. The van der Waals surface area contributed by atoms with Gasteiger partial charge < -0.3 is 19.4 Å². The van der Waals surface area contributed by atoms with Crippen LogP contribution in [-0.4, -0.2) is 47.9 Å². The van der Waals surface area contributed by atoms with Crippen LogP contribution in [-0.2, 0) is 27.2 Å². The van der Waals surface area contributed by atoms with E-state index in [0.29, 0.717) is 13.2 Å². The molecule has 1 aliphatic rings. The summed E-state index contributed by atoms with van der Waals surface area (Å²) in [5.74, 6) is 1.05. The molecule has 112 valence electrons. The van der Waals surface area contributed by atoms with E-state index in [-0.39, 0.29) is 11.9 Å². The number of aromatic nitrogens is 2. The number of hydrogen-bond donors (Lipinski definition) is 1. The summed E-state index contributed by atoms with van der Waals surface area (Å²) in [6, 6.07) is 0.150. The molecule has 0 radical (unpaired) electrons. The van der Waals surface area contributed by atoms with Crippen molar-refractivity contribution < 1.29 is 14.3 Å². The van der Waals surface area contributed by atoms with E-state index in [9.17, 15) is 4.79 Å². The lowest BCUT2D eigenvalue weighted by Gasteiger charge is -2.26. The van der Waals surface area contributed by atoms with Crippen molar-refractivity contribution in [3.8, 4) is 0 Å². The Hall–Kier alpha value is -1.40. The molecule has 0 saturated carbocycles. The second kappa shape index (κ2) is 6.85. The van der Waals surface area contributed by atoms with Crippen LogP contribution in [0.4, 0.5) is 0 Å². The average molecular weight is 281 g/mol. The van der Waals surface area contributed by atoms with Gasteiger partial charge in [0.25, 0.3) is 0 Å². The first-order valence-corrected chi connectivity index (χ1v) is 7.03. The molecule has 1 aromatic rings. The summed E-state index contributed by atoms with van der Waals surface area (Å²) in [4.78, 5) is 16.5. The molecular weight excluding hydrogens is 258 g/mol. The molecule has 0 saturated heterocycles. The number of methoxy groups -OCH3 is 1. The maximum atomic E-state index is 12.0. The molecule has 2 heterocycles. The molecule has 0 bridgehead atoms. The van der Waals surface area contributed by atoms with Gasteiger partial charge in [0.15, 0.2) is 0 Å². The third kappa shape index (κ3) is 3.80. The zero-order valence-corrected chi connectivity index (χ0v) is 12.4. The molecule has 0 unspecified atom stereocenters. The highest BCUT2D eigenvalue weighted by molar-refractivity contribution is 5.80. The monoisotopic (exact) mass is 281 g/mol. The summed E-state index contributed by atoms with van der Waals surface area (Å²) in [6.07, 6.45) is 3.41. The van der Waals surface area contributed by atoms with Crippen LogP contribution < -0.4 is 5.32 Å². The molecule has 1 aromatic heterocycles. The number of fused-ring (bicyclic) bond motifs is 1. The fourth-order valence-electron chi connectivity index (χ4n) is 2.41. The molecule has 2 rings (SSSR count). The van der Waals surface area contributed by atoms with Crippen LogP contribution in [0.1, 0.15) is 24.9 Å². The number of imidazole rings is 1. The molecule has 0 aliphatic carbocycles. The van der Waals surface area contributed by atoms with Gasteiger partial charge in [-0.1, -0.05) is 0 Å². The Morgan fingerprint density at radius 3 is 3.15 bits per heavy atom. The lowest BCUT2D eigenvalue weighted by molar-refractivity contribution is -0.133. The van der Waals surface area contributed by atoms with E-state index in [0.717, 1.165) is 30.9 Å². The third-order valence-corrected chi connectivity index (χ3v) is 3.48. The van der Waals surface area contributed by atoms with Crippen LogP contribution in [0.25, 0.3) is 0 Å². The van der Waals surface area contributed by atoms with Gasteiger partial charge in [-0.25, -0.2) is 4.98 Å². The summed E-state index contributed by atoms with van der Waals surface area (Å²) in [5.41, 5.74) is 1.03. The highest BCUT2D eigenvalue weighted by atomic mass is 16.5. The summed E-state index contributed by atoms with van der Waals surface area (Å²) < 4.78 is 12.4. The Kier molecular flexibility index (Phi) is 5.14. The van der Waals surface area contributed by atoms with Crippen molar-refractivity contribution >= 4 is 5.91 Å². The predicted octanol–water partition coefficient (Wildman–Crippen LogP) is 0.674. The van der Waals surface area contributed by atoms with Gasteiger partial charge in [-0.2, -0.15) is 0 Å². The van der Waals surface area contributed by atoms with E-state index in [2.05, 4.69) is 14.9 Å². The summed E-state index contributed by atoms with van der Waals surface area (Å²) in [7, 11) is 1.61. The number of aryl methyl sites for hydroxylation is 2. The molecule has 1 amide bonds. The Balaban J connectivity index is 1.81. The Labute approximate surface area is 119 Å². The molecule has 1 aliphatic heterocycles. The Morgan fingerprint density at radius 1 is 1.60 bits per heavy atom. The highest BCUT2D eigenvalue weighted by Crippen LogP contribution is 2.15. The van der Waals surface area contributed by atoms with E-state index < -0.39 is 6.10 Å². The van der Waals surface area contributed by atoms with Crippen molar-refractivity contribution in [3.63, 3.8) is 0 Å². The zero-order chi connectivity index (χ0) is 14.5. The maximum Gasteiger partial charge on any atom is 0.249 e. The van der Waals surface area contributed by atoms with E-state index in [4.69, 9.17) is 9.47 Å². The minimum absolute atomic E-state index is 0.0635. The number of rotatable bonds is 6.